The number of nitrogens with zero attached hydrogens (tertiary/aromatic N) is 6. The van der Waals surface area contributed by atoms with E-state index in [4.69, 9.17) is 0 Å². The zero-order chi connectivity index (χ0) is 21.1. The van der Waals surface area contributed by atoms with E-state index in [0.29, 0.717) is 10.7 Å². The van der Waals surface area contributed by atoms with Gasteiger partial charge in [-0.15, -0.1) is 5.10 Å². The maximum absolute atomic E-state index is 12.9. The van der Waals surface area contributed by atoms with Gasteiger partial charge in [-0.25, -0.2) is 13.1 Å². The molecule has 0 amide bonds. The molecule has 1 aliphatic carbocycles. The summed E-state index contributed by atoms with van der Waals surface area (Å²) in [5.41, 5.74) is 1.03. The topological polar surface area (TPSA) is 84.2 Å². The Morgan fingerprint density at radius 3 is 2.37 bits per heavy atom. The zero-order valence-corrected chi connectivity index (χ0v) is 18.8. The molecule has 2 aliphatic rings. The molecule has 2 heterocycles. The molecule has 0 spiro atoms. The summed E-state index contributed by atoms with van der Waals surface area (Å²) >= 11 is 0. The van der Waals surface area contributed by atoms with Crippen LogP contribution >= 0.6 is 0 Å². The molecule has 1 saturated heterocycles. The molecule has 0 bridgehead atoms. The normalized spacial score (nSPS) is 20.6. The number of benzene rings is 1. The number of tetrazole rings is 1. The molecule has 4 rings (SSSR count). The first-order chi connectivity index (χ1) is 14.5. The third-order valence-electron chi connectivity index (χ3n) is 6.55. The van der Waals surface area contributed by atoms with E-state index in [1.54, 1.807) is 12.1 Å². The minimum atomic E-state index is -3.52. The SMILES string of the molecule is CCC(c1nnnn1CS(=O)(=O)c1ccc(C)cc1)N1CCN(C2CCCC2)CC1. The van der Waals surface area contributed by atoms with E-state index in [0.717, 1.165) is 44.2 Å². The highest BCUT2D eigenvalue weighted by Gasteiger charge is 2.32. The van der Waals surface area contributed by atoms with Crippen LogP contribution in [0.2, 0.25) is 0 Å². The van der Waals surface area contributed by atoms with Crippen molar-refractivity contribution in [2.75, 3.05) is 26.2 Å². The predicted molar refractivity (Wildman–Crippen MR) is 115 cm³/mol. The number of aryl methyl sites for hydroxylation is 1. The molecule has 0 radical (unpaired) electrons. The Morgan fingerprint density at radius 2 is 1.73 bits per heavy atom. The van der Waals surface area contributed by atoms with Gasteiger partial charge in [-0.05, 0) is 48.7 Å². The summed E-state index contributed by atoms with van der Waals surface area (Å²) < 4.78 is 27.3. The first kappa shape index (κ1) is 21.4. The number of aromatic nitrogens is 4. The molecule has 1 unspecified atom stereocenters. The molecule has 1 atom stereocenters. The van der Waals surface area contributed by atoms with Gasteiger partial charge in [-0.3, -0.25) is 9.80 Å². The van der Waals surface area contributed by atoms with Crippen molar-refractivity contribution < 1.29 is 8.42 Å². The van der Waals surface area contributed by atoms with E-state index < -0.39 is 9.84 Å². The van der Waals surface area contributed by atoms with Crippen molar-refractivity contribution in [1.29, 1.82) is 0 Å². The highest BCUT2D eigenvalue weighted by Crippen LogP contribution is 2.28. The van der Waals surface area contributed by atoms with Crippen LogP contribution in [0.1, 0.15) is 56.5 Å². The van der Waals surface area contributed by atoms with Crippen molar-refractivity contribution in [3.8, 4) is 0 Å². The summed E-state index contributed by atoms with van der Waals surface area (Å²) in [5, 5.41) is 12.1. The molecule has 9 heteroatoms. The molecule has 164 valence electrons. The zero-order valence-electron chi connectivity index (χ0n) is 17.9. The van der Waals surface area contributed by atoms with Gasteiger partial charge >= 0.3 is 0 Å². The maximum Gasteiger partial charge on any atom is 0.198 e. The molecular formula is C21H32N6O2S. The number of rotatable bonds is 7. The lowest BCUT2D eigenvalue weighted by molar-refractivity contribution is 0.0647. The summed E-state index contributed by atoms with van der Waals surface area (Å²) in [6, 6.07) is 7.69. The number of hydrogen-bond donors (Lipinski definition) is 0. The molecule has 1 aromatic carbocycles. The smallest absolute Gasteiger partial charge is 0.198 e. The minimum absolute atomic E-state index is 0.0268. The van der Waals surface area contributed by atoms with Gasteiger partial charge in [-0.1, -0.05) is 37.5 Å². The molecule has 1 aromatic heterocycles. The molecule has 8 nitrogen and oxygen atoms in total. The summed E-state index contributed by atoms with van der Waals surface area (Å²) in [4.78, 5) is 5.33. The van der Waals surface area contributed by atoms with Gasteiger partial charge in [0.2, 0.25) is 0 Å². The molecule has 2 aromatic rings. The lowest BCUT2D eigenvalue weighted by Gasteiger charge is -2.40. The van der Waals surface area contributed by atoms with Gasteiger partial charge in [0.05, 0.1) is 10.9 Å². The van der Waals surface area contributed by atoms with Crippen molar-refractivity contribution in [3.05, 3.63) is 35.7 Å². The highest BCUT2D eigenvalue weighted by molar-refractivity contribution is 7.90. The number of sulfone groups is 1. The average Bonchev–Trinajstić information content (AvgIpc) is 3.42. The van der Waals surface area contributed by atoms with Crippen LogP contribution in [0.4, 0.5) is 0 Å². The second-order valence-corrected chi connectivity index (χ2v) is 10.5. The second kappa shape index (κ2) is 9.11. The Morgan fingerprint density at radius 1 is 1.07 bits per heavy atom. The Balaban J connectivity index is 1.46. The Hall–Kier alpha value is -1.84. The van der Waals surface area contributed by atoms with Crippen LogP contribution in [0.15, 0.2) is 29.2 Å². The van der Waals surface area contributed by atoms with Gasteiger partial charge in [0.25, 0.3) is 0 Å². The lowest BCUT2D eigenvalue weighted by atomic mass is 10.1. The Bertz CT molecular complexity index is 929. The average molecular weight is 433 g/mol. The van der Waals surface area contributed by atoms with E-state index >= 15 is 0 Å². The van der Waals surface area contributed by atoms with Gasteiger partial charge in [-0.2, -0.15) is 0 Å². The van der Waals surface area contributed by atoms with Crippen LogP contribution in [-0.4, -0.2) is 70.6 Å². The highest BCUT2D eigenvalue weighted by atomic mass is 32.2. The molecule has 1 aliphatic heterocycles. The molecule has 2 fully saturated rings. The fraction of sp³-hybridized carbons (Fsp3) is 0.667. The number of hydrogen-bond acceptors (Lipinski definition) is 7. The van der Waals surface area contributed by atoms with Crippen molar-refractivity contribution >= 4 is 9.84 Å². The molecule has 0 N–H and O–H groups in total. The summed E-state index contributed by atoms with van der Waals surface area (Å²) in [7, 11) is -3.52. The van der Waals surface area contributed by atoms with E-state index in [2.05, 4.69) is 32.2 Å². The molecular weight excluding hydrogens is 400 g/mol. The lowest BCUT2D eigenvalue weighted by Crippen LogP contribution is -2.50. The summed E-state index contributed by atoms with van der Waals surface area (Å²) in [5.74, 6) is 0.402. The van der Waals surface area contributed by atoms with Crippen LogP contribution in [0.25, 0.3) is 0 Å². The summed E-state index contributed by atoms with van der Waals surface area (Å²) in [6.45, 7) is 8.10. The van der Waals surface area contributed by atoms with E-state index in [1.807, 2.05) is 19.1 Å². The summed E-state index contributed by atoms with van der Waals surface area (Å²) in [6.07, 6.45) is 6.20. The van der Waals surface area contributed by atoms with Crippen molar-refractivity contribution in [2.45, 2.75) is 68.8 Å². The minimum Gasteiger partial charge on any atom is -0.298 e. The van der Waals surface area contributed by atoms with Crippen LogP contribution < -0.4 is 0 Å². The monoisotopic (exact) mass is 432 g/mol. The second-order valence-electron chi connectivity index (χ2n) is 8.53. The largest absolute Gasteiger partial charge is 0.298 e. The standard InChI is InChI=1S/C21H32N6O2S/c1-3-20(26-14-12-25(13-15-26)18-6-4-5-7-18)21-22-23-24-27(21)16-30(28,29)19-10-8-17(2)9-11-19/h8-11,18,20H,3-7,12-16H2,1-2H3. The maximum atomic E-state index is 12.9. The van der Waals surface area contributed by atoms with Gasteiger partial charge < -0.3 is 0 Å². The van der Waals surface area contributed by atoms with Gasteiger partial charge in [0, 0.05) is 32.2 Å². The van der Waals surface area contributed by atoms with Crippen molar-refractivity contribution in [2.24, 2.45) is 0 Å². The first-order valence-electron chi connectivity index (χ1n) is 11.0. The third kappa shape index (κ3) is 4.58. The Kier molecular flexibility index (Phi) is 6.50. The van der Waals surface area contributed by atoms with Crippen LogP contribution in [0, 0.1) is 6.92 Å². The van der Waals surface area contributed by atoms with Crippen LogP contribution in [-0.2, 0) is 15.7 Å². The first-order valence-corrected chi connectivity index (χ1v) is 12.7. The fourth-order valence-electron chi connectivity index (χ4n) is 4.81. The third-order valence-corrected chi connectivity index (χ3v) is 8.12. The van der Waals surface area contributed by atoms with E-state index in [1.165, 1.54) is 30.4 Å². The fourth-order valence-corrected chi connectivity index (χ4v) is 6.02. The van der Waals surface area contributed by atoms with E-state index in [9.17, 15) is 8.42 Å². The van der Waals surface area contributed by atoms with Crippen molar-refractivity contribution in [1.82, 2.24) is 30.0 Å². The molecule has 1 saturated carbocycles. The quantitative estimate of drug-likeness (QED) is 0.664. The van der Waals surface area contributed by atoms with Gasteiger partial charge in [0.15, 0.2) is 21.5 Å². The van der Waals surface area contributed by atoms with Crippen LogP contribution in [0.3, 0.4) is 0 Å². The molecule has 30 heavy (non-hydrogen) atoms. The van der Waals surface area contributed by atoms with Crippen molar-refractivity contribution in [3.63, 3.8) is 0 Å². The van der Waals surface area contributed by atoms with Gasteiger partial charge in [0.1, 0.15) is 0 Å². The number of piperazine rings is 1. The van der Waals surface area contributed by atoms with Crippen LogP contribution in [0.5, 0.6) is 0 Å². The predicted octanol–water partition coefficient (Wildman–Crippen LogP) is 2.42. The Labute approximate surface area is 179 Å². The van der Waals surface area contributed by atoms with E-state index in [-0.39, 0.29) is 11.9 Å².